The Morgan fingerprint density at radius 1 is 0.967 bits per heavy atom. The van der Waals surface area contributed by atoms with Crippen LogP contribution >= 0.6 is 45.1 Å². The lowest BCUT2D eigenvalue weighted by Crippen LogP contribution is -2.29. The van der Waals surface area contributed by atoms with Gasteiger partial charge in [0.2, 0.25) is 11.6 Å². The summed E-state index contributed by atoms with van der Waals surface area (Å²) in [4.78, 5) is 84.7. The average molecular weight is 1350 g/mol. The SMILES string of the molecule is CCN1/C(=C/C=C/C=C/C2=[N+](CCCCCC(=O)CCC(C)(C)SSCOCC#Cc3cn([C@H]4CC(OCc5ccccc5[N+](=O)[O-])[C@@H](COP(=O)(O)OP(=O)(O)OP(=O)(O)O)O4)c4nc(N)[nH]c(=O)c34)c3ccc(C)cc3C2(C)C)C(C)(C)c2cc(C)ccc21. The number of nitrogens with one attached hydrogen (secondary N) is 1. The van der Waals surface area contributed by atoms with Gasteiger partial charge in [-0.1, -0.05) is 107 Å². The second-order valence-corrected chi connectivity index (χ2v) is 31.4. The van der Waals surface area contributed by atoms with Crippen LogP contribution in [-0.4, -0.2) is 104 Å². The van der Waals surface area contributed by atoms with Gasteiger partial charge in [0.05, 0.1) is 46.2 Å². The number of ether oxygens (including phenoxy) is 3. The number of carbonyl (C=O) groups is 1. The molecule has 5 atom stereocenters. The first-order valence-corrected chi connectivity index (χ1v) is 36.4. The molecular formula is C62H79N7O17P3S2+. The minimum atomic E-state index is -5.87. The van der Waals surface area contributed by atoms with Gasteiger partial charge in [0.1, 0.15) is 37.2 Å². The van der Waals surface area contributed by atoms with Crippen molar-refractivity contribution >= 4 is 90.6 Å². The average Bonchev–Trinajstić information content (AvgIpc) is 1.63. The number of unbranched alkanes of at least 4 members (excludes halogenated alkanes) is 2. The number of para-hydroxylation sites is 1. The zero-order valence-corrected chi connectivity index (χ0v) is 56.5. The van der Waals surface area contributed by atoms with Gasteiger partial charge in [-0.3, -0.25) is 29.2 Å². The molecule has 3 unspecified atom stereocenters. The second kappa shape index (κ2) is 29.6. The Labute approximate surface area is 536 Å². The molecule has 2 aromatic heterocycles. The third-order valence-corrected chi connectivity index (χ3v) is 22.8. The molecule has 0 bridgehead atoms. The summed E-state index contributed by atoms with van der Waals surface area (Å²) in [6, 6.07) is 19.2. The van der Waals surface area contributed by atoms with Gasteiger partial charge in [-0.15, -0.1) is 0 Å². The van der Waals surface area contributed by atoms with Crippen molar-refractivity contribution in [3.8, 4) is 11.8 Å². The molecule has 0 radical (unpaired) electrons. The van der Waals surface area contributed by atoms with Gasteiger partial charge in [0, 0.05) is 83.7 Å². The minimum Gasteiger partial charge on any atom is -0.370 e. The zero-order chi connectivity index (χ0) is 66.3. The van der Waals surface area contributed by atoms with Crippen molar-refractivity contribution in [3.63, 3.8) is 0 Å². The van der Waals surface area contributed by atoms with Crippen molar-refractivity contribution in [2.24, 2.45) is 0 Å². The highest BCUT2D eigenvalue weighted by atomic mass is 33.1. The molecule has 5 aromatic rings. The number of nitro benzene ring substituents is 1. The molecule has 0 saturated carbocycles. The maximum atomic E-state index is 13.4. The van der Waals surface area contributed by atoms with Crippen LogP contribution in [0.2, 0.25) is 0 Å². The molecule has 29 heteroatoms. The van der Waals surface area contributed by atoms with Crippen molar-refractivity contribution in [1.82, 2.24) is 14.5 Å². The summed E-state index contributed by atoms with van der Waals surface area (Å²) < 4.78 is 70.1. The molecule has 3 aliphatic heterocycles. The summed E-state index contributed by atoms with van der Waals surface area (Å²) in [7, 11) is -14.1. The molecule has 5 heterocycles. The number of fused-ring (bicyclic) bond motifs is 3. The van der Waals surface area contributed by atoms with E-state index in [0.717, 1.165) is 32.4 Å². The smallest absolute Gasteiger partial charge is 0.370 e. The number of anilines is 2. The minimum absolute atomic E-state index is 0.0161. The number of nitro groups is 1. The number of H-pyrrole nitrogens is 1. The van der Waals surface area contributed by atoms with E-state index in [9.17, 15) is 43.2 Å². The Hall–Kier alpha value is -5.81. The number of phosphoric acid groups is 3. The number of carbonyl (C=O) groups excluding carboxylic acids is 1. The number of aromatic nitrogens is 3. The number of aromatic amines is 1. The fourth-order valence-corrected chi connectivity index (χ4v) is 16.8. The lowest BCUT2D eigenvalue weighted by Gasteiger charge is -2.25. The van der Waals surface area contributed by atoms with Crippen molar-refractivity contribution in [2.45, 2.75) is 148 Å². The van der Waals surface area contributed by atoms with Gasteiger partial charge in [-0.2, -0.15) is 18.2 Å². The number of Topliss-reactive ketones (excluding diaryl/α,β-unsaturated/α-hetero) is 1. The summed E-state index contributed by atoms with van der Waals surface area (Å²) in [5, 5.41) is 11.8. The van der Waals surface area contributed by atoms with E-state index in [1.807, 2.05) is 0 Å². The number of benzene rings is 3. The second-order valence-electron chi connectivity index (χ2n) is 24.0. The van der Waals surface area contributed by atoms with Crippen LogP contribution in [0.15, 0.2) is 108 Å². The van der Waals surface area contributed by atoms with E-state index >= 15 is 0 Å². The fraction of sp³-hybridized carbons (Fsp3) is 0.452. The zero-order valence-electron chi connectivity index (χ0n) is 52.2. The fourth-order valence-electron chi connectivity index (χ4n) is 11.5. The van der Waals surface area contributed by atoms with Crippen LogP contribution in [-0.2, 0) is 63.3 Å². The van der Waals surface area contributed by atoms with Crippen molar-refractivity contribution in [2.75, 3.05) is 42.9 Å². The largest absolute Gasteiger partial charge is 0.490 e. The van der Waals surface area contributed by atoms with Crippen molar-refractivity contribution in [3.05, 3.63) is 157 Å². The Morgan fingerprint density at radius 3 is 2.42 bits per heavy atom. The van der Waals surface area contributed by atoms with E-state index in [-0.39, 0.29) is 80.7 Å². The molecule has 24 nitrogen and oxygen atoms in total. The molecule has 1 fully saturated rings. The number of hydrogen-bond acceptors (Lipinski definition) is 18. The van der Waals surface area contributed by atoms with Gasteiger partial charge < -0.3 is 49.0 Å². The summed E-state index contributed by atoms with van der Waals surface area (Å²) in [6.45, 7) is 20.3. The topological polar surface area (TPSA) is 331 Å². The van der Waals surface area contributed by atoms with E-state index < -0.39 is 59.0 Å². The lowest BCUT2D eigenvalue weighted by atomic mass is 9.81. The highest BCUT2D eigenvalue weighted by Gasteiger charge is 2.46. The van der Waals surface area contributed by atoms with Crippen LogP contribution in [0, 0.1) is 35.8 Å². The Bertz CT molecular complexity index is 3960. The number of allylic oxidation sites excluding steroid dienone is 6. The molecule has 490 valence electrons. The molecule has 0 spiro atoms. The van der Waals surface area contributed by atoms with Crippen LogP contribution in [0.4, 0.5) is 23.0 Å². The predicted molar refractivity (Wildman–Crippen MR) is 352 cm³/mol. The van der Waals surface area contributed by atoms with Gasteiger partial charge in [-0.05, 0) is 97.6 Å². The van der Waals surface area contributed by atoms with E-state index in [1.54, 1.807) is 16.9 Å². The normalized spacial score (nSPS) is 19.7. The van der Waals surface area contributed by atoms with Gasteiger partial charge in [-0.25, -0.2) is 13.7 Å². The standard InChI is InChI=1S/C62H78N7O17P3S2/c1-10-66-49-28-26-41(2)34-46(49)61(6,7)53(66)24-14-11-15-25-54-62(8,9)47-35-42(3)27-29-50(47)67(54)32-18-12-13-22-45(70)30-31-60(4,5)91-90-40-81-33-19-21-43-37-68(57-56(43)58(71)65-59(63)64-57)55-36-51(82-38-44-20-16-17-23-48(44)69(72)73)52(84-55)39-83-88(77,78)86-89(79,80)85-87(74,75)76/h11,14-17,20,23-29,34-35,37,51-52,55H,10,12-13,18,22,30-33,36,38-40H2,1-9H3,(H6-,63,64,65,71,74,75,76,77,78,79,80)/p+1/t51?,52-,55-/m1/s1. The number of likely N-dealkylation sites (N-methyl/N-ethyl adjacent to an activating group) is 1. The number of aryl methyl sites for hydroxylation is 2. The first kappa shape index (κ1) is 71.0. The van der Waals surface area contributed by atoms with Crippen LogP contribution in [0.3, 0.4) is 0 Å². The summed E-state index contributed by atoms with van der Waals surface area (Å²) in [6.07, 6.45) is 13.1. The number of nitrogens with two attached hydrogens (primary N) is 1. The van der Waals surface area contributed by atoms with Crippen molar-refractivity contribution < 1.29 is 74.9 Å². The molecule has 3 aliphatic rings. The van der Waals surface area contributed by atoms with E-state index in [1.165, 1.54) is 84.8 Å². The number of rotatable bonds is 30. The maximum absolute atomic E-state index is 13.4. The van der Waals surface area contributed by atoms with Crippen LogP contribution < -0.4 is 16.2 Å². The van der Waals surface area contributed by atoms with Gasteiger partial charge in [0.25, 0.3) is 11.2 Å². The Kier molecular flexibility index (Phi) is 23.1. The first-order valence-electron chi connectivity index (χ1n) is 29.6. The molecule has 91 heavy (non-hydrogen) atoms. The predicted octanol–water partition coefficient (Wildman–Crippen LogP) is 12.3. The number of phosphoric ester groups is 1. The van der Waals surface area contributed by atoms with Crippen molar-refractivity contribution in [1.29, 1.82) is 0 Å². The van der Waals surface area contributed by atoms with Crippen LogP contribution in [0.1, 0.15) is 133 Å². The molecule has 1 saturated heterocycles. The Morgan fingerprint density at radius 2 is 1.69 bits per heavy atom. The molecular weight excluding hydrogens is 1270 g/mol. The molecule has 8 rings (SSSR count). The lowest BCUT2D eigenvalue weighted by molar-refractivity contribution is -0.438. The third kappa shape index (κ3) is 18.1. The maximum Gasteiger partial charge on any atom is 0.490 e. The van der Waals surface area contributed by atoms with E-state index in [0.29, 0.717) is 19.3 Å². The number of nitrogens with zero attached hydrogens (tertiary/aromatic N) is 5. The number of nitrogen functional groups attached to an aromatic ring is 1. The van der Waals surface area contributed by atoms with Gasteiger partial charge >= 0.3 is 23.5 Å². The highest BCUT2D eigenvalue weighted by Crippen LogP contribution is 2.66. The number of hydrogen-bond donors (Lipinski definition) is 6. The Balaban J connectivity index is 0.815. The quantitative estimate of drug-likeness (QED) is 0.00286. The highest BCUT2D eigenvalue weighted by molar-refractivity contribution is 8.77. The third-order valence-electron chi connectivity index (χ3n) is 15.9. The molecule has 3 aromatic carbocycles. The molecule has 0 amide bonds. The monoisotopic (exact) mass is 1350 g/mol. The van der Waals surface area contributed by atoms with Crippen LogP contribution in [0.5, 0.6) is 0 Å². The number of ketones is 1. The van der Waals surface area contributed by atoms with Crippen LogP contribution in [0.25, 0.3) is 11.0 Å². The summed E-state index contributed by atoms with van der Waals surface area (Å²) >= 11 is 0. The molecule has 0 aliphatic carbocycles. The van der Waals surface area contributed by atoms with Gasteiger partial charge in [0.15, 0.2) is 11.4 Å². The summed E-state index contributed by atoms with van der Waals surface area (Å²) in [5.74, 6) is 6.08. The summed E-state index contributed by atoms with van der Waals surface area (Å²) in [5.41, 5.74) is 15.4. The molecule has 7 N–H and O–H groups in total. The first-order chi connectivity index (χ1) is 42.8. The van der Waals surface area contributed by atoms with E-state index in [4.69, 9.17) is 34.3 Å². The van der Waals surface area contributed by atoms with E-state index in [2.05, 4.69) is 169 Å².